The van der Waals surface area contributed by atoms with Crippen LogP contribution in [0.2, 0.25) is 0 Å². The Hall–Kier alpha value is -2.11. The molecule has 1 aromatic heterocycles. The molecule has 0 bridgehead atoms. The van der Waals surface area contributed by atoms with Gasteiger partial charge in [-0.2, -0.15) is 0 Å². The Balaban J connectivity index is 2.05. The van der Waals surface area contributed by atoms with E-state index in [0.29, 0.717) is 12.5 Å². The molecule has 0 aliphatic carbocycles. The minimum atomic E-state index is -1.15. The summed E-state index contributed by atoms with van der Waals surface area (Å²) in [7, 11) is 0. The molecule has 2 amide bonds. The number of aromatic carboxylic acids is 1. The number of pyridine rings is 1. The molecule has 2 heterocycles. The maximum atomic E-state index is 12.0. The molecule has 0 aromatic carbocycles. The highest BCUT2D eigenvalue weighted by Gasteiger charge is 2.25. The van der Waals surface area contributed by atoms with Crippen LogP contribution >= 0.6 is 0 Å². The average Bonchev–Trinajstić information content (AvgIpc) is 2.88. The van der Waals surface area contributed by atoms with Gasteiger partial charge in [0.1, 0.15) is 0 Å². The third-order valence-corrected chi connectivity index (χ3v) is 3.40. The summed E-state index contributed by atoms with van der Waals surface area (Å²) in [6.45, 7) is 3.55. The molecule has 0 spiro atoms. The Bertz CT molecular complexity index is 490. The van der Waals surface area contributed by atoms with Gasteiger partial charge >= 0.3 is 12.0 Å². The normalized spacial score (nSPS) is 18.4. The quantitative estimate of drug-likeness (QED) is 0.874. The zero-order valence-electron chi connectivity index (χ0n) is 10.8. The molecule has 1 atom stereocenters. The van der Waals surface area contributed by atoms with Gasteiger partial charge in [-0.25, -0.2) is 14.6 Å². The van der Waals surface area contributed by atoms with E-state index in [1.807, 2.05) is 0 Å². The minimum absolute atomic E-state index is 0.137. The summed E-state index contributed by atoms with van der Waals surface area (Å²) in [5.74, 6) is -0.609. The topological polar surface area (TPSA) is 82.5 Å². The second-order valence-electron chi connectivity index (χ2n) is 4.64. The number of carboxylic acids is 1. The molecule has 6 heteroatoms. The van der Waals surface area contributed by atoms with Crippen LogP contribution in [0, 0.1) is 5.92 Å². The maximum Gasteiger partial charge on any atom is 0.356 e. The van der Waals surface area contributed by atoms with Crippen molar-refractivity contribution >= 4 is 17.7 Å². The number of carbonyl (C=O) groups excluding carboxylic acids is 1. The van der Waals surface area contributed by atoms with E-state index in [9.17, 15) is 9.59 Å². The van der Waals surface area contributed by atoms with E-state index in [1.54, 1.807) is 17.0 Å². The lowest BCUT2D eigenvalue weighted by Crippen LogP contribution is -2.33. The fraction of sp³-hybridized carbons (Fsp3) is 0.462. The van der Waals surface area contributed by atoms with Crippen LogP contribution in [0.5, 0.6) is 0 Å². The highest BCUT2D eigenvalue weighted by atomic mass is 16.4. The van der Waals surface area contributed by atoms with Crippen molar-refractivity contribution < 1.29 is 14.7 Å². The van der Waals surface area contributed by atoms with Gasteiger partial charge < -0.3 is 15.3 Å². The van der Waals surface area contributed by atoms with E-state index in [0.717, 1.165) is 19.4 Å². The second kappa shape index (κ2) is 5.69. The summed E-state index contributed by atoms with van der Waals surface area (Å²) in [5.41, 5.74) is 0.0991. The molecule has 1 aliphatic rings. The van der Waals surface area contributed by atoms with Crippen LogP contribution in [0.25, 0.3) is 0 Å². The summed E-state index contributed by atoms with van der Waals surface area (Å²) in [4.78, 5) is 28.5. The van der Waals surface area contributed by atoms with Gasteiger partial charge in [-0.15, -0.1) is 0 Å². The fourth-order valence-electron chi connectivity index (χ4n) is 2.22. The van der Waals surface area contributed by atoms with E-state index in [-0.39, 0.29) is 17.4 Å². The largest absolute Gasteiger partial charge is 0.476 e. The van der Waals surface area contributed by atoms with Crippen molar-refractivity contribution in [3.8, 4) is 0 Å². The molecular weight excluding hydrogens is 246 g/mol. The molecule has 0 saturated carbocycles. The molecule has 1 aromatic rings. The Kier molecular flexibility index (Phi) is 3.99. The van der Waals surface area contributed by atoms with Crippen LogP contribution in [0.15, 0.2) is 18.3 Å². The molecule has 2 rings (SSSR count). The molecule has 1 saturated heterocycles. The summed E-state index contributed by atoms with van der Waals surface area (Å²) in [6, 6.07) is 2.88. The third kappa shape index (κ3) is 3.01. The van der Waals surface area contributed by atoms with Crippen LogP contribution < -0.4 is 5.32 Å². The zero-order valence-corrected chi connectivity index (χ0v) is 10.8. The minimum Gasteiger partial charge on any atom is -0.476 e. The number of likely N-dealkylation sites (tertiary alicyclic amines) is 1. The Morgan fingerprint density at radius 3 is 3.00 bits per heavy atom. The first-order valence-corrected chi connectivity index (χ1v) is 6.36. The van der Waals surface area contributed by atoms with Crippen molar-refractivity contribution in [1.29, 1.82) is 0 Å². The molecule has 1 fully saturated rings. The Morgan fingerprint density at radius 1 is 1.58 bits per heavy atom. The van der Waals surface area contributed by atoms with E-state index >= 15 is 0 Å². The smallest absolute Gasteiger partial charge is 0.356 e. The third-order valence-electron chi connectivity index (χ3n) is 3.40. The van der Waals surface area contributed by atoms with Crippen molar-refractivity contribution in [3.05, 3.63) is 24.0 Å². The molecule has 0 radical (unpaired) electrons. The first kappa shape index (κ1) is 13.3. The number of nitrogens with zero attached hydrogens (tertiary/aromatic N) is 2. The molecule has 2 N–H and O–H groups in total. The Labute approximate surface area is 111 Å². The van der Waals surface area contributed by atoms with Gasteiger partial charge in [0.25, 0.3) is 0 Å². The molecular formula is C13H17N3O3. The highest BCUT2D eigenvalue weighted by Crippen LogP contribution is 2.20. The van der Waals surface area contributed by atoms with Gasteiger partial charge in [-0.05, 0) is 24.5 Å². The number of nitrogens with one attached hydrogen (secondary N) is 1. The van der Waals surface area contributed by atoms with Crippen LogP contribution in [-0.4, -0.2) is 40.1 Å². The number of hydrogen-bond donors (Lipinski definition) is 2. The lowest BCUT2D eigenvalue weighted by atomic mass is 10.1. The first-order chi connectivity index (χ1) is 9.11. The number of hydrogen-bond acceptors (Lipinski definition) is 3. The van der Waals surface area contributed by atoms with Crippen LogP contribution in [-0.2, 0) is 0 Å². The van der Waals surface area contributed by atoms with E-state index in [2.05, 4.69) is 17.2 Å². The summed E-state index contributed by atoms with van der Waals surface area (Å²) in [6.07, 6.45) is 3.45. The summed E-state index contributed by atoms with van der Waals surface area (Å²) < 4.78 is 0. The van der Waals surface area contributed by atoms with Gasteiger partial charge in [-0.1, -0.05) is 13.3 Å². The molecule has 1 unspecified atom stereocenters. The lowest BCUT2D eigenvalue weighted by molar-refractivity contribution is 0.0691. The number of anilines is 1. The maximum absolute atomic E-state index is 12.0. The van der Waals surface area contributed by atoms with Crippen LogP contribution in [0.4, 0.5) is 10.5 Å². The van der Waals surface area contributed by atoms with Crippen LogP contribution in [0.3, 0.4) is 0 Å². The highest BCUT2D eigenvalue weighted by molar-refractivity contribution is 5.98. The van der Waals surface area contributed by atoms with E-state index < -0.39 is 5.97 Å². The fourth-order valence-corrected chi connectivity index (χ4v) is 2.22. The predicted octanol–water partition coefficient (Wildman–Crippen LogP) is 2.04. The first-order valence-electron chi connectivity index (χ1n) is 6.36. The monoisotopic (exact) mass is 263 g/mol. The van der Waals surface area contributed by atoms with E-state index in [4.69, 9.17) is 5.11 Å². The summed E-state index contributed by atoms with van der Waals surface area (Å²) >= 11 is 0. The van der Waals surface area contributed by atoms with Gasteiger partial charge in [0.15, 0.2) is 5.69 Å². The van der Waals surface area contributed by atoms with Gasteiger partial charge in [-0.3, -0.25) is 0 Å². The molecule has 6 nitrogen and oxygen atoms in total. The predicted molar refractivity (Wildman–Crippen MR) is 70.2 cm³/mol. The van der Waals surface area contributed by atoms with Crippen molar-refractivity contribution in [1.82, 2.24) is 9.88 Å². The SMILES string of the molecule is CCC1CCN(C(=O)Nc2cccnc2C(=O)O)C1. The lowest BCUT2D eigenvalue weighted by Gasteiger charge is -2.17. The van der Waals surface area contributed by atoms with Crippen LogP contribution in [0.1, 0.15) is 30.3 Å². The van der Waals surface area contributed by atoms with E-state index in [1.165, 1.54) is 6.20 Å². The van der Waals surface area contributed by atoms with Gasteiger partial charge in [0.2, 0.25) is 0 Å². The number of aromatic nitrogens is 1. The number of carboxylic acid groups (broad SMARTS) is 1. The summed E-state index contributed by atoms with van der Waals surface area (Å²) in [5, 5.41) is 11.6. The number of urea groups is 1. The van der Waals surface area contributed by atoms with Crippen molar-refractivity contribution in [3.63, 3.8) is 0 Å². The second-order valence-corrected chi connectivity index (χ2v) is 4.64. The standard InChI is InChI=1S/C13H17N3O3/c1-2-9-5-7-16(8-9)13(19)15-10-4-3-6-14-11(10)12(17)18/h3-4,6,9H,2,5,7-8H2,1H3,(H,15,19)(H,17,18). The Morgan fingerprint density at radius 2 is 2.37 bits per heavy atom. The molecule has 1 aliphatic heterocycles. The zero-order chi connectivity index (χ0) is 13.8. The number of amides is 2. The average molecular weight is 263 g/mol. The molecule has 102 valence electrons. The van der Waals surface area contributed by atoms with Gasteiger partial charge in [0.05, 0.1) is 5.69 Å². The molecule has 19 heavy (non-hydrogen) atoms. The number of carbonyl (C=O) groups is 2. The van der Waals surface area contributed by atoms with Crippen molar-refractivity contribution in [2.75, 3.05) is 18.4 Å². The number of rotatable bonds is 3. The van der Waals surface area contributed by atoms with Gasteiger partial charge in [0, 0.05) is 19.3 Å². The van der Waals surface area contributed by atoms with Crippen molar-refractivity contribution in [2.24, 2.45) is 5.92 Å². The van der Waals surface area contributed by atoms with Crippen molar-refractivity contribution in [2.45, 2.75) is 19.8 Å².